The van der Waals surface area contributed by atoms with Gasteiger partial charge in [-0.25, -0.2) is 18.1 Å². The minimum absolute atomic E-state index is 0.248. The Kier molecular flexibility index (Phi) is 4.64. The van der Waals surface area contributed by atoms with E-state index in [4.69, 9.17) is 5.73 Å². The first-order valence-electron chi connectivity index (χ1n) is 6.75. The largest absolute Gasteiger partial charge is 0.398 e. The number of sulfonamides is 1. The zero-order valence-corrected chi connectivity index (χ0v) is 13.0. The van der Waals surface area contributed by atoms with Crippen molar-refractivity contribution < 1.29 is 8.42 Å². The molecule has 1 heterocycles. The number of hydrogen-bond acceptors (Lipinski definition) is 4. The maximum absolute atomic E-state index is 12.3. The standard InChI is InChI=1S/C14H20N4O2S/c1-10-8-12(15)11(2)13(9-10)21(19,20)18-5-3-4-14-16-6-7-17-14/h6-9,18H,3-5,15H2,1-2H3,(H,16,17). The summed E-state index contributed by atoms with van der Waals surface area (Å²) in [5.74, 6) is 0.852. The molecule has 0 saturated carbocycles. The minimum Gasteiger partial charge on any atom is -0.398 e. The quantitative estimate of drug-likeness (QED) is 0.556. The van der Waals surface area contributed by atoms with Crippen LogP contribution in [-0.2, 0) is 16.4 Å². The summed E-state index contributed by atoms with van der Waals surface area (Å²) < 4.78 is 27.3. The van der Waals surface area contributed by atoms with E-state index < -0.39 is 10.0 Å². The number of aryl methyl sites for hydroxylation is 2. The first kappa shape index (κ1) is 15.5. The van der Waals surface area contributed by atoms with Crippen LogP contribution in [0.4, 0.5) is 5.69 Å². The number of aromatic nitrogens is 2. The van der Waals surface area contributed by atoms with Crippen molar-refractivity contribution in [2.24, 2.45) is 0 Å². The first-order chi connectivity index (χ1) is 9.90. The van der Waals surface area contributed by atoms with E-state index in [1.807, 2.05) is 6.92 Å². The highest BCUT2D eigenvalue weighted by molar-refractivity contribution is 7.89. The predicted molar refractivity (Wildman–Crippen MR) is 82.4 cm³/mol. The molecule has 0 unspecified atom stereocenters. The predicted octanol–water partition coefficient (Wildman–Crippen LogP) is 1.52. The van der Waals surface area contributed by atoms with E-state index in [9.17, 15) is 8.42 Å². The van der Waals surface area contributed by atoms with Crippen molar-refractivity contribution in [2.45, 2.75) is 31.6 Å². The van der Waals surface area contributed by atoms with Crippen LogP contribution in [0.2, 0.25) is 0 Å². The van der Waals surface area contributed by atoms with Gasteiger partial charge in [-0.3, -0.25) is 0 Å². The summed E-state index contributed by atoms with van der Waals surface area (Å²) >= 11 is 0. The SMILES string of the molecule is Cc1cc(N)c(C)c(S(=O)(=O)NCCCc2ncc[nH]2)c1. The number of imidazole rings is 1. The van der Waals surface area contributed by atoms with Crippen molar-refractivity contribution >= 4 is 15.7 Å². The van der Waals surface area contributed by atoms with E-state index in [0.29, 0.717) is 30.6 Å². The zero-order chi connectivity index (χ0) is 15.5. The van der Waals surface area contributed by atoms with Crippen molar-refractivity contribution in [3.8, 4) is 0 Å². The molecule has 0 radical (unpaired) electrons. The molecule has 4 N–H and O–H groups in total. The molecule has 0 fully saturated rings. The molecule has 0 aliphatic heterocycles. The van der Waals surface area contributed by atoms with Crippen molar-refractivity contribution in [2.75, 3.05) is 12.3 Å². The van der Waals surface area contributed by atoms with Crippen LogP contribution in [0, 0.1) is 13.8 Å². The van der Waals surface area contributed by atoms with E-state index in [0.717, 1.165) is 11.4 Å². The van der Waals surface area contributed by atoms with Crippen LogP contribution in [-0.4, -0.2) is 24.9 Å². The second-order valence-electron chi connectivity index (χ2n) is 5.01. The molecular formula is C14H20N4O2S. The van der Waals surface area contributed by atoms with Gasteiger partial charge in [0, 0.05) is 31.0 Å². The van der Waals surface area contributed by atoms with Gasteiger partial charge in [-0.15, -0.1) is 0 Å². The Morgan fingerprint density at radius 3 is 2.76 bits per heavy atom. The summed E-state index contributed by atoms with van der Waals surface area (Å²) in [7, 11) is -3.54. The summed E-state index contributed by atoms with van der Waals surface area (Å²) in [5, 5.41) is 0. The van der Waals surface area contributed by atoms with E-state index in [1.165, 1.54) is 0 Å². The van der Waals surface area contributed by atoms with Gasteiger partial charge in [-0.05, 0) is 43.5 Å². The average molecular weight is 308 g/mol. The third kappa shape index (κ3) is 3.83. The van der Waals surface area contributed by atoms with Gasteiger partial charge in [0.1, 0.15) is 5.82 Å². The number of nitrogens with one attached hydrogen (secondary N) is 2. The molecule has 114 valence electrons. The van der Waals surface area contributed by atoms with Gasteiger partial charge >= 0.3 is 0 Å². The van der Waals surface area contributed by atoms with Crippen LogP contribution >= 0.6 is 0 Å². The smallest absolute Gasteiger partial charge is 0.240 e. The number of hydrogen-bond donors (Lipinski definition) is 3. The number of rotatable bonds is 6. The summed E-state index contributed by atoms with van der Waals surface area (Å²) in [5.41, 5.74) is 7.73. The van der Waals surface area contributed by atoms with Crippen LogP contribution in [0.25, 0.3) is 0 Å². The summed E-state index contributed by atoms with van der Waals surface area (Å²) in [4.78, 5) is 7.33. The van der Waals surface area contributed by atoms with Gasteiger partial charge in [0.05, 0.1) is 4.90 Å². The fourth-order valence-electron chi connectivity index (χ4n) is 2.11. The lowest BCUT2D eigenvalue weighted by molar-refractivity contribution is 0.577. The molecular weight excluding hydrogens is 288 g/mol. The maximum Gasteiger partial charge on any atom is 0.240 e. The second-order valence-corrected chi connectivity index (χ2v) is 6.75. The van der Waals surface area contributed by atoms with Crippen molar-refractivity contribution in [3.63, 3.8) is 0 Å². The fourth-order valence-corrected chi connectivity index (χ4v) is 3.54. The van der Waals surface area contributed by atoms with Gasteiger partial charge < -0.3 is 10.7 Å². The average Bonchev–Trinajstić information content (AvgIpc) is 2.92. The highest BCUT2D eigenvalue weighted by Gasteiger charge is 2.18. The Bertz CT molecular complexity index is 709. The molecule has 0 aliphatic carbocycles. The topological polar surface area (TPSA) is 101 Å². The molecule has 2 rings (SSSR count). The lowest BCUT2D eigenvalue weighted by atomic mass is 10.1. The maximum atomic E-state index is 12.3. The molecule has 0 saturated heterocycles. The molecule has 0 amide bonds. The van der Waals surface area contributed by atoms with Gasteiger partial charge in [-0.1, -0.05) is 0 Å². The van der Waals surface area contributed by atoms with Gasteiger partial charge in [0.2, 0.25) is 10.0 Å². The third-order valence-electron chi connectivity index (χ3n) is 3.27. The van der Waals surface area contributed by atoms with Crippen LogP contribution in [0.1, 0.15) is 23.4 Å². The summed E-state index contributed by atoms with van der Waals surface area (Å²) in [6, 6.07) is 3.41. The van der Waals surface area contributed by atoms with E-state index >= 15 is 0 Å². The van der Waals surface area contributed by atoms with Crippen molar-refractivity contribution in [1.29, 1.82) is 0 Å². The molecule has 0 atom stereocenters. The summed E-state index contributed by atoms with van der Waals surface area (Å²) in [6.45, 7) is 3.90. The van der Waals surface area contributed by atoms with E-state index in [-0.39, 0.29) is 4.90 Å². The van der Waals surface area contributed by atoms with Gasteiger partial charge in [-0.2, -0.15) is 0 Å². The highest BCUT2D eigenvalue weighted by atomic mass is 32.2. The first-order valence-corrected chi connectivity index (χ1v) is 8.23. The second kappa shape index (κ2) is 6.28. The number of aromatic amines is 1. The number of benzene rings is 1. The molecule has 6 nitrogen and oxygen atoms in total. The molecule has 0 spiro atoms. The molecule has 1 aromatic heterocycles. The van der Waals surface area contributed by atoms with Gasteiger partial charge in [0.15, 0.2) is 0 Å². The molecule has 0 bridgehead atoms. The fraction of sp³-hybridized carbons (Fsp3) is 0.357. The number of anilines is 1. The number of nitrogen functional groups attached to an aromatic ring is 1. The van der Waals surface area contributed by atoms with E-state index in [1.54, 1.807) is 31.5 Å². The summed E-state index contributed by atoms with van der Waals surface area (Å²) in [6.07, 6.45) is 4.80. The lowest BCUT2D eigenvalue weighted by Crippen LogP contribution is -2.26. The van der Waals surface area contributed by atoms with Gasteiger partial charge in [0.25, 0.3) is 0 Å². The minimum atomic E-state index is -3.54. The molecule has 7 heteroatoms. The number of nitrogens with zero attached hydrogens (tertiary/aromatic N) is 1. The number of H-pyrrole nitrogens is 1. The Balaban J connectivity index is 2.02. The van der Waals surface area contributed by atoms with Crippen molar-refractivity contribution in [3.05, 3.63) is 41.5 Å². The van der Waals surface area contributed by atoms with E-state index in [2.05, 4.69) is 14.7 Å². The Morgan fingerprint density at radius 1 is 1.33 bits per heavy atom. The Hall–Kier alpha value is -1.86. The lowest BCUT2D eigenvalue weighted by Gasteiger charge is -2.12. The molecule has 2 aromatic rings. The van der Waals surface area contributed by atoms with Crippen LogP contribution in [0.5, 0.6) is 0 Å². The van der Waals surface area contributed by atoms with Crippen LogP contribution < -0.4 is 10.5 Å². The number of nitrogens with two attached hydrogens (primary N) is 1. The third-order valence-corrected chi connectivity index (χ3v) is 4.86. The van der Waals surface area contributed by atoms with Crippen LogP contribution in [0.3, 0.4) is 0 Å². The monoisotopic (exact) mass is 308 g/mol. The molecule has 1 aromatic carbocycles. The van der Waals surface area contributed by atoms with Crippen LogP contribution in [0.15, 0.2) is 29.4 Å². The normalized spacial score (nSPS) is 11.7. The highest BCUT2D eigenvalue weighted by Crippen LogP contribution is 2.22. The zero-order valence-electron chi connectivity index (χ0n) is 12.2. The van der Waals surface area contributed by atoms with Crippen molar-refractivity contribution in [1.82, 2.24) is 14.7 Å². The Morgan fingerprint density at radius 2 is 2.10 bits per heavy atom. The molecule has 0 aliphatic rings. The molecule has 21 heavy (non-hydrogen) atoms. The Labute approximate surface area is 124 Å².